The van der Waals surface area contributed by atoms with Crippen LogP contribution in [0.2, 0.25) is 0 Å². The molecule has 0 amide bonds. The summed E-state index contributed by atoms with van der Waals surface area (Å²) in [6.45, 7) is 6.95. The fraction of sp³-hybridized carbons (Fsp3) is 1.00. The SMILES string of the molecule is CCOC(C)(OCC)P(C)(=O)O.[NaH]. The van der Waals surface area contributed by atoms with E-state index < -0.39 is 12.9 Å². The van der Waals surface area contributed by atoms with Crippen LogP contribution in [0.15, 0.2) is 0 Å². The van der Waals surface area contributed by atoms with Gasteiger partial charge >= 0.3 is 29.6 Å². The summed E-state index contributed by atoms with van der Waals surface area (Å²) in [4.78, 5) is 9.30. The molecule has 0 radical (unpaired) electrons. The summed E-state index contributed by atoms with van der Waals surface area (Å²) in [6.07, 6.45) is 0. The molecule has 0 aromatic carbocycles. The first-order valence-corrected chi connectivity index (χ1v) is 6.06. The summed E-state index contributed by atoms with van der Waals surface area (Å²) in [7, 11) is -3.37. The Kier molecular flexibility index (Phi) is 8.35. The Bertz CT molecular complexity index is 173. The quantitative estimate of drug-likeness (QED) is 0.426. The van der Waals surface area contributed by atoms with Crippen LogP contribution in [0.3, 0.4) is 0 Å². The van der Waals surface area contributed by atoms with E-state index in [4.69, 9.17) is 9.47 Å². The first-order chi connectivity index (χ1) is 5.37. The third-order valence-electron chi connectivity index (χ3n) is 1.58. The van der Waals surface area contributed by atoms with Gasteiger partial charge in [-0.25, -0.2) is 0 Å². The zero-order valence-corrected chi connectivity index (χ0v) is 8.93. The van der Waals surface area contributed by atoms with Crippen molar-refractivity contribution in [2.24, 2.45) is 0 Å². The topological polar surface area (TPSA) is 55.8 Å². The van der Waals surface area contributed by atoms with Crippen LogP contribution in [0.1, 0.15) is 20.8 Å². The van der Waals surface area contributed by atoms with Crippen molar-refractivity contribution in [2.45, 2.75) is 26.3 Å². The molecule has 4 nitrogen and oxygen atoms in total. The summed E-state index contributed by atoms with van der Waals surface area (Å²) in [5.41, 5.74) is -1.35. The van der Waals surface area contributed by atoms with Crippen LogP contribution in [-0.4, -0.2) is 59.9 Å². The average Bonchev–Trinajstić information content (AvgIpc) is 1.86. The van der Waals surface area contributed by atoms with Crippen molar-refractivity contribution < 1.29 is 18.9 Å². The molecule has 1 unspecified atom stereocenters. The number of rotatable bonds is 5. The van der Waals surface area contributed by atoms with E-state index in [-0.39, 0.29) is 29.6 Å². The van der Waals surface area contributed by atoms with Crippen LogP contribution in [0, 0.1) is 0 Å². The third kappa shape index (κ3) is 4.93. The van der Waals surface area contributed by atoms with Crippen LogP contribution < -0.4 is 0 Å². The summed E-state index contributed by atoms with van der Waals surface area (Å²) < 4.78 is 21.5. The van der Waals surface area contributed by atoms with Crippen molar-refractivity contribution in [3.05, 3.63) is 0 Å². The predicted octanol–water partition coefficient (Wildman–Crippen LogP) is 0.985. The third-order valence-corrected chi connectivity index (χ3v) is 3.34. The van der Waals surface area contributed by atoms with Crippen molar-refractivity contribution in [1.29, 1.82) is 0 Å². The molecule has 0 bridgehead atoms. The van der Waals surface area contributed by atoms with Crippen LogP contribution in [0.25, 0.3) is 0 Å². The number of hydrogen-bond donors (Lipinski definition) is 1. The van der Waals surface area contributed by atoms with Crippen LogP contribution in [-0.2, 0) is 14.0 Å². The van der Waals surface area contributed by atoms with Gasteiger partial charge in [-0.3, -0.25) is 4.57 Å². The fourth-order valence-electron chi connectivity index (χ4n) is 0.817. The van der Waals surface area contributed by atoms with E-state index in [0.29, 0.717) is 13.2 Å². The van der Waals surface area contributed by atoms with Gasteiger partial charge in [-0.15, -0.1) is 0 Å². The van der Waals surface area contributed by atoms with Gasteiger partial charge in [0.2, 0.25) is 5.53 Å². The second-order valence-corrected chi connectivity index (χ2v) is 5.21. The Hall–Kier alpha value is 1.11. The van der Waals surface area contributed by atoms with Gasteiger partial charge in [-0.05, 0) is 20.8 Å². The summed E-state index contributed by atoms with van der Waals surface area (Å²) in [6, 6.07) is 0. The maximum atomic E-state index is 11.3. The zero-order valence-electron chi connectivity index (χ0n) is 8.03. The van der Waals surface area contributed by atoms with Crippen molar-refractivity contribution in [3.8, 4) is 0 Å². The summed E-state index contributed by atoms with van der Waals surface area (Å²) in [5.74, 6) is 0. The zero-order chi connectivity index (χ0) is 9.83. The van der Waals surface area contributed by atoms with E-state index in [2.05, 4.69) is 0 Å². The van der Waals surface area contributed by atoms with Crippen LogP contribution in [0.5, 0.6) is 0 Å². The molecule has 0 heterocycles. The Morgan fingerprint density at radius 2 is 1.62 bits per heavy atom. The molecule has 0 saturated heterocycles. The average molecular weight is 220 g/mol. The normalized spacial score (nSPS) is 16.1. The molecule has 13 heavy (non-hydrogen) atoms. The van der Waals surface area contributed by atoms with E-state index in [1.54, 1.807) is 13.8 Å². The van der Waals surface area contributed by atoms with Gasteiger partial charge in [-0.1, -0.05) is 0 Å². The first kappa shape index (κ1) is 16.5. The minimum absolute atomic E-state index is 0. The van der Waals surface area contributed by atoms with E-state index >= 15 is 0 Å². The molecule has 0 saturated carbocycles. The first-order valence-electron chi connectivity index (χ1n) is 3.95. The van der Waals surface area contributed by atoms with Crippen LogP contribution >= 0.6 is 7.37 Å². The molecule has 0 spiro atoms. The molecule has 76 valence electrons. The van der Waals surface area contributed by atoms with Gasteiger partial charge in [0, 0.05) is 19.9 Å². The number of ether oxygens (including phenoxy) is 2. The van der Waals surface area contributed by atoms with E-state index in [1.165, 1.54) is 13.6 Å². The summed E-state index contributed by atoms with van der Waals surface area (Å²) in [5, 5.41) is 0. The molecule has 0 aliphatic carbocycles. The van der Waals surface area contributed by atoms with Crippen molar-refractivity contribution >= 4 is 36.9 Å². The number of hydrogen-bond acceptors (Lipinski definition) is 3. The van der Waals surface area contributed by atoms with Gasteiger partial charge in [0.15, 0.2) is 0 Å². The van der Waals surface area contributed by atoms with Gasteiger partial charge in [0.1, 0.15) is 0 Å². The van der Waals surface area contributed by atoms with Crippen molar-refractivity contribution in [3.63, 3.8) is 0 Å². The van der Waals surface area contributed by atoms with Gasteiger partial charge in [-0.2, -0.15) is 0 Å². The van der Waals surface area contributed by atoms with E-state index in [9.17, 15) is 9.46 Å². The Balaban J connectivity index is 0. The van der Waals surface area contributed by atoms with Gasteiger partial charge in [0.25, 0.3) is 7.37 Å². The second kappa shape index (κ2) is 6.57. The molecule has 6 heteroatoms. The Morgan fingerprint density at radius 1 is 1.31 bits per heavy atom. The fourth-order valence-corrected chi connectivity index (χ4v) is 1.55. The molecule has 0 fully saturated rings. The molecule has 0 aliphatic heterocycles. The maximum absolute atomic E-state index is 11.3. The van der Waals surface area contributed by atoms with E-state index in [1.807, 2.05) is 0 Å². The second-order valence-electron chi connectivity index (χ2n) is 2.64. The molecule has 1 atom stereocenters. The van der Waals surface area contributed by atoms with Crippen molar-refractivity contribution in [1.82, 2.24) is 0 Å². The molecule has 0 aromatic rings. The predicted molar refractivity (Wildman–Crippen MR) is 54.6 cm³/mol. The van der Waals surface area contributed by atoms with Gasteiger partial charge in [0.05, 0.1) is 0 Å². The molecular weight excluding hydrogens is 202 g/mol. The molecule has 0 aromatic heterocycles. The monoisotopic (exact) mass is 220 g/mol. The molecule has 0 aliphatic rings. The Morgan fingerprint density at radius 3 is 1.77 bits per heavy atom. The molecule has 0 rings (SSSR count). The molecular formula is C7H18NaO4P. The van der Waals surface area contributed by atoms with Crippen LogP contribution in [0.4, 0.5) is 0 Å². The Labute approximate surface area is 102 Å². The van der Waals surface area contributed by atoms with E-state index in [0.717, 1.165) is 0 Å². The van der Waals surface area contributed by atoms with Crippen molar-refractivity contribution in [2.75, 3.05) is 19.9 Å². The summed E-state index contributed by atoms with van der Waals surface area (Å²) >= 11 is 0. The minimum atomic E-state index is -3.37. The molecule has 1 N–H and O–H groups in total. The van der Waals surface area contributed by atoms with Gasteiger partial charge < -0.3 is 14.4 Å². The standard InChI is InChI=1S/C7H17O4P.Na.H/c1-5-10-7(3,11-6-2)12(4,8)9;;/h5-6H2,1-4H3,(H,8,9);;.